The highest BCUT2D eigenvalue weighted by Gasteiger charge is 2.44. The van der Waals surface area contributed by atoms with Crippen molar-refractivity contribution in [2.75, 3.05) is 11.4 Å². The minimum atomic E-state index is -0.707. The number of aliphatic hydroxyl groups excluding tert-OH is 1. The van der Waals surface area contributed by atoms with Crippen molar-refractivity contribution in [3.63, 3.8) is 0 Å². The number of benzene rings is 1. The molecule has 1 aromatic heterocycles. The lowest BCUT2D eigenvalue weighted by Crippen LogP contribution is -2.59. The Morgan fingerprint density at radius 2 is 2.11 bits per heavy atom. The smallest absolute Gasteiger partial charge is 0.307 e. The van der Waals surface area contributed by atoms with E-state index >= 15 is 0 Å². The number of rotatable bonds is 4. The third-order valence-electron chi connectivity index (χ3n) is 6.31. The van der Waals surface area contributed by atoms with Gasteiger partial charge in [0.2, 0.25) is 5.95 Å². The minimum absolute atomic E-state index is 0.0337. The average molecular weight is 365 g/mol. The number of aliphatic hydroxyl groups is 1. The van der Waals surface area contributed by atoms with E-state index in [1.54, 1.807) is 0 Å². The lowest BCUT2D eigenvalue weighted by atomic mass is 9.99. The predicted octanol–water partition coefficient (Wildman–Crippen LogP) is 2.39. The fourth-order valence-corrected chi connectivity index (χ4v) is 4.39. The molecule has 1 aromatic carbocycles. The van der Waals surface area contributed by atoms with E-state index in [-0.39, 0.29) is 24.0 Å². The summed E-state index contributed by atoms with van der Waals surface area (Å²) in [6, 6.07) is 8.22. The van der Waals surface area contributed by atoms with Gasteiger partial charge in [-0.3, -0.25) is 4.79 Å². The molecule has 1 aliphatic heterocycles. The molecule has 27 heavy (non-hydrogen) atoms. The zero-order valence-corrected chi connectivity index (χ0v) is 15.3. The molecule has 140 valence electrons. The molecule has 0 unspecified atom stereocenters. The number of anilines is 1. The summed E-state index contributed by atoms with van der Waals surface area (Å²) in [5, 5.41) is 19.1. The zero-order valence-electron chi connectivity index (χ0n) is 15.3. The number of β-amino-alcohol motifs (C(OH)–C–C–N with tert-alkyl or cyclic N) is 1. The van der Waals surface area contributed by atoms with E-state index in [1.807, 2.05) is 19.1 Å². The van der Waals surface area contributed by atoms with Gasteiger partial charge in [0.25, 0.3) is 0 Å². The highest BCUT2D eigenvalue weighted by atomic mass is 16.4. The van der Waals surface area contributed by atoms with Crippen LogP contribution < -0.4 is 4.90 Å². The first kappa shape index (κ1) is 16.7. The van der Waals surface area contributed by atoms with Crippen LogP contribution in [0.15, 0.2) is 24.3 Å². The van der Waals surface area contributed by atoms with Gasteiger partial charge in [-0.25, -0.2) is 9.97 Å². The van der Waals surface area contributed by atoms with E-state index in [4.69, 9.17) is 9.97 Å². The summed E-state index contributed by atoms with van der Waals surface area (Å²) >= 11 is 0. The summed E-state index contributed by atoms with van der Waals surface area (Å²) in [4.78, 5) is 22.9. The van der Waals surface area contributed by atoms with E-state index in [0.29, 0.717) is 12.5 Å². The number of hydrogen-bond donors (Lipinski definition) is 2. The maximum atomic E-state index is 11.2. The molecular formula is C21H23N3O3. The minimum Gasteiger partial charge on any atom is -0.481 e. The maximum absolute atomic E-state index is 11.2. The quantitative estimate of drug-likeness (QED) is 0.865. The molecule has 2 aliphatic carbocycles. The summed E-state index contributed by atoms with van der Waals surface area (Å²) in [5.74, 6) is -0.151. The molecule has 5 rings (SSSR count). The number of aliphatic carboxylic acids is 1. The van der Waals surface area contributed by atoms with Crippen molar-refractivity contribution in [2.45, 2.75) is 50.7 Å². The van der Waals surface area contributed by atoms with Gasteiger partial charge in [-0.1, -0.05) is 18.2 Å². The molecule has 0 bridgehead atoms. The van der Waals surface area contributed by atoms with E-state index in [2.05, 4.69) is 17.0 Å². The largest absolute Gasteiger partial charge is 0.481 e. The number of aryl methyl sites for hydroxylation is 1. The molecule has 0 radical (unpaired) electrons. The molecule has 3 aliphatic rings. The van der Waals surface area contributed by atoms with E-state index in [1.165, 1.54) is 5.56 Å². The van der Waals surface area contributed by atoms with Crippen LogP contribution in [0.5, 0.6) is 0 Å². The Kier molecular flexibility index (Phi) is 3.72. The number of carbonyl (C=O) groups is 1. The number of aromatic nitrogens is 2. The summed E-state index contributed by atoms with van der Waals surface area (Å²) in [6.07, 6.45) is 3.42. The first-order valence-electron chi connectivity index (χ1n) is 9.70. The van der Waals surface area contributed by atoms with Crippen molar-refractivity contribution in [1.82, 2.24) is 9.97 Å². The van der Waals surface area contributed by atoms with Gasteiger partial charge in [0.05, 0.1) is 23.8 Å². The van der Waals surface area contributed by atoms with Gasteiger partial charge in [0.1, 0.15) is 0 Å². The molecule has 6 heteroatoms. The Balaban J connectivity index is 1.53. The molecule has 2 N–H and O–H groups in total. The van der Waals surface area contributed by atoms with E-state index < -0.39 is 5.97 Å². The lowest BCUT2D eigenvalue weighted by Gasteiger charge is -2.43. The van der Waals surface area contributed by atoms with Crippen molar-refractivity contribution in [3.05, 3.63) is 41.1 Å². The standard InChI is InChI=1S/C21H23N3O3/c1-11-18(25)10-24(11)21-22-17-7-3-6-14(17)19(23-21)13-5-2-4-12(8-13)15-9-16(15)20(26)27/h2,4-5,8,11,15-16,18,25H,3,6-7,9-10H2,1H3,(H,26,27)/t11-,15-,16+,18+/m0/s1. The summed E-state index contributed by atoms with van der Waals surface area (Å²) in [7, 11) is 0. The first-order valence-corrected chi connectivity index (χ1v) is 9.70. The Morgan fingerprint density at radius 3 is 2.81 bits per heavy atom. The monoisotopic (exact) mass is 365 g/mol. The van der Waals surface area contributed by atoms with Gasteiger partial charge in [0.15, 0.2) is 0 Å². The molecule has 0 amide bonds. The molecule has 1 saturated heterocycles. The highest BCUT2D eigenvalue weighted by Crippen LogP contribution is 2.48. The molecule has 2 aromatic rings. The Hall–Kier alpha value is -2.47. The third-order valence-corrected chi connectivity index (χ3v) is 6.31. The molecule has 1 saturated carbocycles. The molecule has 2 fully saturated rings. The van der Waals surface area contributed by atoms with Gasteiger partial charge >= 0.3 is 5.97 Å². The van der Waals surface area contributed by atoms with Gasteiger partial charge in [0, 0.05) is 23.4 Å². The summed E-state index contributed by atoms with van der Waals surface area (Å²) in [6.45, 7) is 2.56. The van der Waals surface area contributed by atoms with Crippen LogP contribution >= 0.6 is 0 Å². The molecular weight excluding hydrogens is 342 g/mol. The van der Waals surface area contributed by atoms with Gasteiger partial charge < -0.3 is 15.1 Å². The Morgan fingerprint density at radius 1 is 1.26 bits per heavy atom. The summed E-state index contributed by atoms with van der Waals surface area (Å²) in [5.41, 5.74) is 5.42. The fraction of sp³-hybridized carbons (Fsp3) is 0.476. The van der Waals surface area contributed by atoms with Crippen LogP contribution in [-0.4, -0.2) is 44.8 Å². The Labute approximate surface area is 157 Å². The third kappa shape index (κ3) is 2.70. The molecule has 4 atom stereocenters. The molecule has 2 heterocycles. The van der Waals surface area contributed by atoms with E-state index in [0.717, 1.165) is 48.2 Å². The SMILES string of the molecule is C[C@H]1[C@H](O)CN1c1nc2c(c(-c3cccc([C@@H]4C[C@H]4C(=O)O)c3)n1)CCC2. The number of fused-ring (bicyclic) bond motifs is 1. The first-order chi connectivity index (χ1) is 13.0. The van der Waals surface area contributed by atoms with Crippen LogP contribution in [0.3, 0.4) is 0 Å². The second-order valence-corrected chi connectivity index (χ2v) is 8.02. The predicted molar refractivity (Wildman–Crippen MR) is 101 cm³/mol. The van der Waals surface area contributed by atoms with Crippen LogP contribution in [0, 0.1) is 5.92 Å². The molecule has 0 spiro atoms. The van der Waals surface area contributed by atoms with Gasteiger partial charge in [-0.2, -0.15) is 0 Å². The summed E-state index contributed by atoms with van der Waals surface area (Å²) < 4.78 is 0. The second kappa shape index (κ2) is 6.02. The number of carboxylic acid groups (broad SMARTS) is 1. The van der Waals surface area contributed by atoms with Crippen LogP contribution in [-0.2, 0) is 17.6 Å². The normalized spacial score (nSPS) is 28.6. The van der Waals surface area contributed by atoms with E-state index in [9.17, 15) is 15.0 Å². The van der Waals surface area contributed by atoms with Crippen molar-refractivity contribution in [2.24, 2.45) is 5.92 Å². The maximum Gasteiger partial charge on any atom is 0.307 e. The number of hydrogen-bond acceptors (Lipinski definition) is 5. The van der Waals surface area contributed by atoms with Crippen LogP contribution in [0.2, 0.25) is 0 Å². The lowest BCUT2D eigenvalue weighted by molar-refractivity contribution is -0.138. The van der Waals surface area contributed by atoms with Crippen molar-refractivity contribution in [1.29, 1.82) is 0 Å². The number of nitrogens with zero attached hydrogens (tertiary/aromatic N) is 3. The van der Waals surface area contributed by atoms with Crippen LogP contribution in [0.4, 0.5) is 5.95 Å². The molecule has 6 nitrogen and oxygen atoms in total. The van der Waals surface area contributed by atoms with Crippen LogP contribution in [0.25, 0.3) is 11.3 Å². The zero-order chi connectivity index (χ0) is 18.7. The topological polar surface area (TPSA) is 86.5 Å². The Bertz CT molecular complexity index is 929. The van der Waals surface area contributed by atoms with Gasteiger partial charge in [-0.05, 0) is 50.2 Å². The average Bonchev–Trinajstić information content (AvgIpc) is 3.35. The second-order valence-electron chi connectivity index (χ2n) is 8.02. The van der Waals surface area contributed by atoms with Crippen molar-refractivity contribution >= 4 is 11.9 Å². The fourth-order valence-electron chi connectivity index (χ4n) is 4.39. The highest BCUT2D eigenvalue weighted by molar-refractivity contribution is 5.76. The van der Waals surface area contributed by atoms with Gasteiger partial charge in [-0.15, -0.1) is 0 Å². The van der Waals surface area contributed by atoms with Crippen molar-refractivity contribution < 1.29 is 15.0 Å². The number of carboxylic acids is 1. The van der Waals surface area contributed by atoms with Crippen molar-refractivity contribution in [3.8, 4) is 11.3 Å². The van der Waals surface area contributed by atoms with Crippen LogP contribution in [0.1, 0.15) is 42.5 Å².